The third kappa shape index (κ3) is 7.90. The van der Waals surface area contributed by atoms with E-state index in [9.17, 15) is 14.4 Å². The van der Waals surface area contributed by atoms with Gasteiger partial charge in [-0.15, -0.1) is 0 Å². The first kappa shape index (κ1) is 37.5. The van der Waals surface area contributed by atoms with Crippen molar-refractivity contribution in [3.05, 3.63) is 128 Å². The highest BCUT2D eigenvalue weighted by atomic mass is 127. The van der Waals surface area contributed by atoms with Crippen molar-refractivity contribution in [1.82, 2.24) is 4.57 Å². The molecule has 4 aromatic carbocycles. The molecule has 0 unspecified atom stereocenters. The van der Waals surface area contributed by atoms with Crippen LogP contribution in [0.25, 0.3) is 16.8 Å². The normalized spacial score (nSPS) is 14.1. The van der Waals surface area contributed by atoms with Gasteiger partial charge in [0.25, 0.3) is 5.56 Å². The Labute approximate surface area is 331 Å². The molecule has 1 aromatic heterocycles. The summed E-state index contributed by atoms with van der Waals surface area (Å²) in [7, 11) is 1.28. The van der Waals surface area contributed by atoms with Crippen LogP contribution in [0.3, 0.4) is 0 Å². The molecule has 1 atom stereocenters. The Kier molecular flexibility index (Phi) is 12.0. The first-order valence-electron chi connectivity index (χ1n) is 16.4. The van der Waals surface area contributed by atoms with Crippen LogP contribution in [0.5, 0.6) is 17.2 Å². The largest absolute Gasteiger partial charge is 0.490 e. The van der Waals surface area contributed by atoms with Crippen molar-refractivity contribution in [3.8, 4) is 17.2 Å². The Morgan fingerprint density at radius 3 is 2.50 bits per heavy atom. The highest BCUT2D eigenvalue weighted by Crippen LogP contribution is 2.37. The highest BCUT2D eigenvalue weighted by molar-refractivity contribution is 14.1. The standard InChI is InChI=1S/C39H34I2N2O8S/c1-5-48-31-17-24(14-15-30(31)50-21-33(44)47-4)35-34(38(46)49-6-2)22(3)42-39-43(35)37(45)32(52-39)18-26-16-27(40)19-29(41)36(26)51-20-25-12-9-11-23-10-7-8-13-28(23)25/h7-19,35H,5-6,20-21H2,1-4H3/b32-18+/t35-/m1/s1. The number of hydrogen-bond donors (Lipinski definition) is 0. The smallest absolute Gasteiger partial charge is 0.343 e. The number of fused-ring (bicyclic) bond motifs is 2. The third-order valence-electron chi connectivity index (χ3n) is 8.25. The van der Waals surface area contributed by atoms with Crippen molar-refractivity contribution in [2.24, 2.45) is 4.99 Å². The lowest BCUT2D eigenvalue weighted by Gasteiger charge is -2.25. The molecule has 0 N–H and O–H groups in total. The van der Waals surface area contributed by atoms with Crippen molar-refractivity contribution in [2.75, 3.05) is 26.9 Å². The molecule has 0 saturated carbocycles. The average Bonchev–Trinajstić information content (AvgIpc) is 3.43. The Morgan fingerprint density at radius 2 is 1.73 bits per heavy atom. The Bertz CT molecular complexity index is 2400. The van der Waals surface area contributed by atoms with Gasteiger partial charge in [0.1, 0.15) is 12.4 Å². The van der Waals surface area contributed by atoms with Gasteiger partial charge in [-0.05, 0) is 118 Å². The molecule has 1 aliphatic heterocycles. The van der Waals surface area contributed by atoms with E-state index in [1.807, 2.05) is 43.3 Å². The number of halogens is 2. The van der Waals surface area contributed by atoms with E-state index in [-0.39, 0.29) is 24.3 Å². The Balaban J connectivity index is 1.46. The Hall–Kier alpha value is -4.22. The van der Waals surface area contributed by atoms with Crippen molar-refractivity contribution in [2.45, 2.75) is 33.4 Å². The number of carbonyl (C=O) groups is 2. The molecule has 2 heterocycles. The molecule has 6 rings (SSSR count). The minimum absolute atomic E-state index is 0.143. The first-order chi connectivity index (χ1) is 25.1. The van der Waals surface area contributed by atoms with Gasteiger partial charge in [-0.3, -0.25) is 9.36 Å². The summed E-state index contributed by atoms with van der Waals surface area (Å²) in [5, 5.41) is 2.25. The highest BCUT2D eigenvalue weighted by Gasteiger charge is 2.34. The molecule has 0 bridgehead atoms. The minimum Gasteiger partial charge on any atom is -0.490 e. The number of aromatic nitrogens is 1. The van der Waals surface area contributed by atoms with Crippen LogP contribution in [0.2, 0.25) is 0 Å². The minimum atomic E-state index is -0.885. The second-order valence-corrected chi connectivity index (χ2v) is 15.0. The van der Waals surface area contributed by atoms with E-state index in [0.717, 1.165) is 29.0 Å². The second-order valence-electron chi connectivity index (χ2n) is 11.5. The van der Waals surface area contributed by atoms with E-state index in [1.54, 1.807) is 32.0 Å². The van der Waals surface area contributed by atoms with E-state index in [4.69, 9.17) is 28.7 Å². The molecule has 0 aliphatic carbocycles. The molecule has 0 fully saturated rings. The maximum atomic E-state index is 14.5. The fraction of sp³-hybridized carbons (Fsp3) is 0.231. The molecule has 5 aromatic rings. The number of ether oxygens (including phenoxy) is 5. The fourth-order valence-corrected chi connectivity index (χ4v) is 9.02. The van der Waals surface area contributed by atoms with Crippen LogP contribution < -0.4 is 29.1 Å². The van der Waals surface area contributed by atoms with Crippen molar-refractivity contribution >= 4 is 85.3 Å². The molecular formula is C39H34I2N2O8S. The number of allylic oxidation sites excluding steroid dienone is 1. The predicted octanol–water partition coefficient (Wildman–Crippen LogP) is 6.69. The number of methoxy groups -OCH3 is 1. The predicted molar refractivity (Wildman–Crippen MR) is 216 cm³/mol. The summed E-state index contributed by atoms with van der Waals surface area (Å²) in [5.41, 5.74) is 2.69. The zero-order valence-corrected chi connectivity index (χ0v) is 33.9. The molecule has 268 valence electrons. The summed E-state index contributed by atoms with van der Waals surface area (Å²) in [4.78, 5) is 44.9. The summed E-state index contributed by atoms with van der Waals surface area (Å²) in [6.45, 7) is 5.74. The van der Waals surface area contributed by atoms with Crippen molar-refractivity contribution < 1.29 is 33.3 Å². The maximum Gasteiger partial charge on any atom is 0.343 e. The van der Waals surface area contributed by atoms with E-state index in [0.29, 0.717) is 51.1 Å². The summed E-state index contributed by atoms with van der Waals surface area (Å²) < 4.78 is 32.1. The van der Waals surface area contributed by atoms with E-state index < -0.39 is 18.0 Å². The second kappa shape index (κ2) is 16.6. The molecule has 13 heteroatoms. The van der Waals surface area contributed by atoms with Crippen LogP contribution in [-0.2, 0) is 25.7 Å². The van der Waals surface area contributed by atoms with Crippen molar-refractivity contribution in [1.29, 1.82) is 0 Å². The zero-order valence-electron chi connectivity index (χ0n) is 28.7. The van der Waals surface area contributed by atoms with Gasteiger partial charge in [-0.1, -0.05) is 59.9 Å². The molecule has 0 amide bonds. The van der Waals surface area contributed by atoms with Gasteiger partial charge < -0.3 is 23.7 Å². The van der Waals surface area contributed by atoms with Gasteiger partial charge in [-0.25, -0.2) is 14.6 Å². The van der Waals surface area contributed by atoms with Crippen LogP contribution in [-0.4, -0.2) is 43.4 Å². The van der Waals surface area contributed by atoms with Gasteiger partial charge in [0.05, 0.1) is 45.7 Å². The van der Waals surface area contributed by atoms with Crippen LogP contribution in [0.1, 0.15) is 43.5 Å². The van der Waals surface area contributed by atoms with Gasteiger partial charge >= 0.3 is 11.9 Å². The van der Waals surface area contributed by atoms with Gasteiger partial charge in [-0.2, -0.15) is 0 Å². The number of rotatable bonds is 12. The number of benzene rings is 4. The molecule has 1 aliphatic rings. The lowest BCUT2D eigenvalue weighted by atomic mass is 9.95. The van der Waals surface area contributed by atoms with Crippen LogP contribution in [0.15, 0.2) is 93.9 Å². The first-order valence-corrected chi connectivity index (χ1v) is 19.3. The molecule has 0 saturated heterocycles. The molecule has 0 radical (unpaired) electrons. The van der Waals surface area contributed by atoms with Gasteiger partial charge in [0, 0.05) is 9.13 Å². The van der Waals surface area contributed by atoms with Crippen LogP contribution in [0, 0.1) is 7.14 Å². The van der Waals surface area contributed by atoms with E-state index in [1.165, 1.54) is 23.0 Å². The summed E-state index contributed by atoms with van der Waals surface area (Å²) in [6, 6.07) is 22.5. The fourth-order valence-electron chi connectivity index (χ4n) is 5.93. The Morgan fingerprint density at radius 1 is 0.942 bits per heavy atom. The topological polar surface area (TPSA) is 115 Å². The molecule has 10 nitrogen and oxygen atoms in total. The summed E-state index contributed by atoms with van der Waals surface area (Å²) >= 11 is 5.75. The monoisotopic (exact) mass is 944 g/mol. The SMILES string of the molecule is CCOC(=O)C1=C(C)N=c2s/c(=C/c3cc(I)cc(I)c3OCc3cccc4ccccc34)c(=O)n2[C@@H]1c1ccc(OCC(=O)OC)c(OCC)c1. The third-order valence-corrected chi connectivity index (χ3v) is 10.7. The number of nitrogens with zero attached hydrogens (tertiary/aromatic N) is 2. The number of hydrogen-bond acceptors (Lipinski definition) is 10. The van der Waals surface area contributed by atoms with Gasteiger partial charge in [0.15, 0.2) is 22.9 Å². The summed E-state index contributed by atoms with van der Waals surface area (Å²) in [5.74, 6) is 0.176. The van der Waals surface area contributed by atoms with E-state index in [2.05, 4.69) is 69.4 Å². The molecule has 0 spiro atoms. The quantitative estimate of drug-likeness (QED) is 0.101. The van der Waals surface area contributed by atoms with Gasteiger partial charge in [0.2, 0.25) is 0 Å². The zero-order chi connectivity index (χ0) is 36.9. The maximum absolute atomic E-state index is 14.5. The number of carbonyl (C=O) groups excluding carboxylic acids is 2. The molecular weight excluding hydrogens is 910 g/mol. The van der Waals surface area contributed by atoms with Crippen molar-refractivity contribution in [3.63, 3.8) is 0 Å². The average molecular weight is 945 g/mol. The lowest BCUT2D eigenvalue weighted by Crippen LogP contribution is -2.40. The lowest BCUT2D eigenvalue weighted by molar-refractivity contribution is -0.143. The van der Waals surface area contributed by atoms with Crippen LogP contribution >= 0.6 is 56.5 Å². The van der Waals surface area contributed by atoms with Crippen LogP contribution in [0.4, 0.5) is 0 Å². The number of esters is 2. The number of thiazole rings is 1. The van der Waals surface area contributed by atoms with E-state index >= 15 is 0 Å². The summed E-state index contributed by atoms with van der Waals surface area (Å²) in [6.07, 6.45) is 1.82. The molecule has 52 heavy (non-hydrogen) atoms.